The quantitative estimate of drug-likeness (QED) is 0.149. The molecule has 0 saturated heterocycles. The zero-order chi connectivity index (χ0) is 26.9. The lowest BCUT2D eigenvalue weighted by atomic mass is 10.0. The van der Waals surface area contributed by atoms with E-state index in [1.807, 2.05) is 62.4 Å². The molecule has 0 radical (unpaired) electrons. The van der Waals surface area contributed by atoms with E-state index in [-0.39, 0.29) is 24.1 Å². The Labute approximate surface area is 225 Å². The van der Waals surface area contributed by atoms with Gasteiger partial charge in [-0.3, -0.25) is 0 Å². The number of carbonyl (C=O) groups is 2. The summed E-state index contributed by atoms with van der Waals surface area (Å²) < 4.78 is 11.6. The Hall–Kier alpha value is -2.62. The highest BCUT2D eigenvalue weighted by molar-refractivity contribution is 5.90. The molecule has 2 aromatic carbocycles. The van der Waals surface area contributed by atoms with Crippen LogP contribution in [-0.4, -0.2) is 24.1 Å². The number of carbonyl (C=O) groups excluding carboxylic acids is 2. The van der Waals surface area contributed by atoms with Gasteiger partial charge >= 0.3 is 11.9 Å². The molecule has 37 heavy (non-hydrogen) atoms. The SMILES string of the molecule is CCCCCCc1ccc(C(=O)OC(CC)CC(CC)OC(=O)c2ccc(CCCCCC)cc2)cc1. The first-order valence-electron chi connectivity index (χ1n) is 14.6. The van der Waals surface area contributed by atoms with Crippen LogP contribution in [0.1, 0.15) is 130 Å². The Morgan fingerprint density at radius 3 is 1.27 bits per heavy atom. The predicted octanol–water partition coefficient (Wildman–Crippen LogP) is 8.89. The third-order valence-electron chi connectivity index (χ3n) is 7.00. The Morgan fingerprint density at radius 1 is 0.568 bits per heavy atom. The summed E-state index contributed by atoms with van der Waals surface area (Å²) in [6, 6.07) is 15.5. The number of rotatable bonds is 18. The van der Waals surface area contributed by atoms with E-state index in [2.05, 4.69) is 13.8 Å². The Kier molecular flexibility index (Phi) is 14.7. The van der Waals surface area contributed by atoms with Gasteiger partial charge in [-0.2, -0.15) is 0 Å². The summed E-state index contributed by atoms with van der Waals surface area (Å²) in [5, 5.41) is 0. The number of unbranched alkanes of at least 4 members (excludes halogenated alkanes) is 6. The van der Waals surface area contributed by atoms with E-state index in [9.17, 15) is 9.59 Å². The fraction of sp³-hybridized carbons (Fsp3) is 0.576. The number of hydrogen-bond donors (Lipinski definition) is 0. The maximum absolute atomic E-state index is 12.8. The van der Waals surface area contributed by atoms with E-state index >= 15 is 0 Å². The third kappa shape index (κ3) is 11.5. The molecule has 0 aromatic heterocycles. The summed E-state index contributed by atoms with van der Waals surface area (Å²) in [6.45, 7) is 8.41. The summed E-state index contributed by atoms with van der Waals surface area (Å²) in [7, 11) is 0. The molecule has 0 amide bonds. The van der Waals surface area contributed by atoms with E-state index < -0.39 is 0 Å². The van der Waals surface area contributed by atoms with Crippen molar-refractivity contribution in [2.24, 2.45) is 0 Å². The van der Waals surface area contributed by atoms with Crippen LogP contribution in [0.3, 0.4) is 0 Å². The molecule has 0 N–H and O–H groups in total. The molecule has 2 unspecified atom stereocenters. The first kappa shape index (κ1) is 30.6. The van der Waals surface area contributed by atoms with Crippen LogP contribution in [0.25, 0.3) is 0 Å². The van der Waals surface area contributed by atoms with Gasteiger partial charge < -0.3 is 9.47 Å². The molecular weight excluding hydrogens is 460 g/mol. The minimum absolute atomic E-state index is 0.301. The van der Waals surface area contributed by atoms with Gasteiger partial charge in [-0.25, -0.2) is 9.59 Å². The highest BCUT2D eigenvalue weighted by Crippen LogP contribution is 2.18. The molecule has 0 aliphatic carbocycles. The van der Waals surface area contributed by atoms with Crippen molar-refractivity contribution in [2.45, 2.75) is 123 Å². The van der Waals surface area contributed by atoms with Crippen LogP contribution in [-0.2, 0) is 22.3 Å². The summed E-state index contributed by atoms with van der Waals surface area (Å²) in [6.07, 6.45) is 13.1. The lowest BCUT2D eigenvalue weighted by Crippen LogP contribution is -2.27. The molecule has 0 aliphatic rings. The van der Waals surface area contributed by atoms with Crippen LogP contribution in [0.5, 0.6) is 0 Å². The Morgan fingerprint density at radius 2 is 0.946 bits per heavy atom. The third-order valence-corrected chi connectivity index (χ3v) is 7.00. The first-order valence-corrected chi connectivity index (χ1v) is 14.6. The normalized spacial score (nSPS) is 12.6. The monoisotopic (exact) mass is 508 g/mol. The van der Waals surface area contributed by atoms with Gasteiger partial charge in [0.15, 0.2) is 0 Å². The second-order valence-electron chi connectivity index (χ2n) is 10.1. The van der Waals surface area contributed by atoms with Crippen molar-refractivity contribution in [3.8, 4) is 0 Å². The Bertz CT molecular complexity index is 825. The minimum atomic E-state index is -0.319. The molecule has 0 fully saturated rings. The molecule has 0 aliphatic heterocycles. The van der Waals surface area contributed by atoms with Crippen LogP contribution in [0, 0.1) is 0 Å². The van der Waals surface area contributed by atoms with Crippen molar-refractivity contribution in [1.82, 2.24) is 0 Å². The number of esters is 2. The van der Waals surface area contributed by atoms with Crippen LogP contribution in [0.15, 0.2) is 48.5 Å². The maximum Gasteiger partial charge on any atom is 0.338 e. The van der Waals surface area contributed by atoms with Gasteiger partial charge in [0, 0.05) is 6.42 Å². The second-order valence-corrected chi connectivity index (χ2v) is 10.1. The molecule has 2 rings (SSSR count). The first-order chi connectivity index (χ1) is 18.0. The van der Waals surface area contributed by atoms with Gasteiger partial charge in [0.2, 0.25) is 0 Å². The topological polar surface area (TPSA) is 52.6 Å². The van der Waals surface area contributed by atoms with Gasteiger partial charge in [-0.1, -0.05) is 90.5 Å². The van der Waals surface area contributed by atoms with Crippen LogP contribution in [0.4, 0.5) is 0 Å². The molecular formula is C33H48O4. The molecule has 0 spiro atoms. The molecule has 0 bridgehead atoms. The van der Waals surface area contributed by atoms with Crippen molar-refractivity contribution >= 4 is 11.9 Å². The van der Waals surface area contributed by atoms with Crippen molar-refractivity contribution in [1.29, 1.82) is 0 Å². The molecule has 0 saturated carbocycles. The predicted molar refractivity (Wildman–Crippen MR) is 152 cm³/mol. The molecule has 2 aromatic rings. The lowest BCUT2D eigenvalue weighted by Gasteiger charge is -2.22. The van der Waals surface area contributed by atoms with Gasteiger partial charge in [0.25, 0.3) is 0 Å². The van der Waals surface area contributed by atoms with Gasteiger partial charge in [0.05, 0.1) is 11.1 Å². The highest BCUT2D eigenvalue weighted by Gasteiger charge is 2.22. The minimum Gasteiger partial charge on any atom is -0.459 e. The molecule has 2 atom stereocenters. The van der Waals surface area contributed by atoms with Crippen molar-refractivity contribution in [2.75, 3.05) is 0 Å². The van der Waals surface area contributed by atoms with E-state index in [0.717, 1.165) is 12.8 Å². The zero-order valence-electron chi connectivity index (χ0n) is 23.6. The fourth-order valence-electron chi connectivity index (χ4n) is 4.46. The largest absolute Gasteiger partial charge is 0.459 e. The highest BCUT2D eigenvalue weighted by atomic mass is 16.6. The average Bonchev–Trinajstić information content (AvgIpc) is 2.93. The number of hydrogen-bond acceptors (Lipinski definition) is 4. The smallest absolute Gasteiger partial charge is 0.338 e. The standard InChI is InChI=1S/C33H48O4/c1-5-9-11-13-15-26-17-21-28(22-18-26)32(34)36-30(7-3)25-31(8-4)37-33(35)29-23-19-27(20-24-29)16-14-12-10-6-2/h17-24,30-31H,5-16,25H2,1-4H3. The van der Waals surface area contributed by atoms with Crippen LogP contribution in [0.2, 0.25) is 0 Å². The van der Waals surface area contributed by atoms with Crippen LogP contribution >= 0.6 is 0 Å². The van der Waals surface area contributed by atoms with Crippen molar-refractivity contribution in [3.05, 3.63) is 70.8 Å². The lowest BCUT2D eigenvalue weighted by molar-refractivity contribution is -0.00188. The van der Waals surface area contributed by atoms with E-state index in [0.29, 0.717) is 30.4 Å². The average molecular weight is 509 g/mol. The molecule has 4 nitrogen and oxygen atoms in total. The number of aryl methyl sites for hydroxylation is 2. The van der Waals surface area contributed by atoms with E-state index in [1.165, 1.54) is 62.5 Å². The van der Waals surface area contributed by atoms with Gasteiger partial charge in [-0.15, -0.1) is 0 Å². The van der Waals surface area contributed by atoms with Crippen molar-refractivity contribution in [3.63, 3.8) is 0 Å². The second kappa shape index (κ2) is 17.8. The van der Waals surface area contributed by atoms with Gasteiger partial charge in [-0.05, 0) is 73.9 Å². The number of ether oxygens (including phenoxy) is 2. The Balaban J connectivity index is 1.84. The zero-order valence-corrected chi connectivity index (χ0v) is 23.6. The molecule has 4 heteroatoms. The number of benzene rings is 2. The summed E-state index contributed by atoms with van der Waals surface area (Å²) in [4.78, 5) is 25.5. The summed E-state index contributed by atoms with van der Waals surface area (Å²) >= 11 is 0. The molecule has 0 heterocycles. The summed E-state index contributed by atoms with van der Waals surface area (Å²) in [5.74, 6) is -0.639. The van der Waals surface area contributed by atoms with Gasteiger partial charge in [0.1, 0.15) is 12.2 Å². The molecule has 204 valence electrons. The fourth-order valence-corrected chi connectivity index (χ4v) is 4.46. The van der Waals surface area contributed by atoms with E-state index in [1.54, 1.807) is 0 Å². The summed E-state index contributed by atoms with van der Waals surface area (Å²) in [5.41, 5.74) is 3.63. The van der Waals surface area contributed by atoms with Crippen molar-refractivity contribution < 1.29 is 19.1 Å². The van der Waals surface area contributed by atoms with E-state index in [4.69, 9.17) is 9.47 Å². The van der Waals surface area contributed by atoms with Crippen LogP contribution < -0.4 is 0 Å². The maximum atomic E-state index is 12.8.